The first-order valence-electron chi connectivity index (χ1n) is 6.53. The molecule has 6 heteroatoms. The fourth-order valence-electron chi connectivity index (χ4n) is 2.39. The molecule has 19 heavy (non-hydrogen) atoms. The SMILES string of the molecule is CCN1CCC(Nc2ccc(Cl)cc2[N+](=O)[O-])CC1. The predicted octanol–water partition coefficient (Wildman–Crippen LogP) is 3.14. The van der Waals surface area contributed by atoms with Crippen molar-refractivity contribution in [1.29, 1.82) is 0 Å². The van der Waals surface area contributed by atoms with Gasteiger partial charge in [-0.1, -0.05) is 18.5 Å². The second-order valence-electron chi connectivity index (χ2n) is 4.77. The summed E-state index contributed by atoms with van der Waals surface area (Å²) in [7, 11) is 0. The van der Waals surface area contributed by atoms with E-state index in [1.54, 1.807) is 12.1 Å². The van der Waals surface area contributed by atoms with E-state index in [4.69, 9.17) is 11.6 Å². The molecule has 0 radical (unpaired) electrons. The molecule has 0 spiro atoms. The zero-order chi connectivity index (χ0) is 13.8. The number of nitro benzene ring substituents is 1. The number of hydrogen-bond acceptors (Lipinski definition) is 4. The molecule has 0 aromatic heterocycles. The Morgan fingerprint density at radius 1 is 1.47 bits per heavy atom. The molecule has 104 valence electrons. The summed E-state index contributed by atoms with van der Waals surface area (Å²) in [6, 6.07) is 5.05. The van der Waals surface area contributed by atoms with Gasteiger partial charge in [-0.05, 0) is 31.5 Å². The smallest absolute Gasteiger partial charge is 0.293 e. The van der Waals surface area contributed by atoms with Crippen molar-refractivity contribution in [2.75, 3.05) is 25.0 Å². The van der Waals surface area contributed by atoms with Crippen LogP contribution in [0.5, 0.6) is 0 Å². The number of halogens is 1. The molecular weight excluding hydrogens is 266 g/mol. The molecule has 0 amide bonds. The third-order valence-electron chi connectivity index (χ3n) is 3.55. The standard InChI is InChI=1S/C13H18ClN3O2/c1-2-16-7-5-11(6-8-16)15-12-4-3-10(14)9-13(12)17(18)19/h3-4,9,11,15H,2,5-8H2,1H3. The van der Waals surface area contributed by atoms with Crippen molar-refractivity contribution >= 4 is 23.0 Å². The van der Waals surface area contributed by atoms with Crippen molar-refractivity contribution in [1.82, 2.24) is 4.90 Å². The second-order valence-corrected chi connectivity index (χ2v) is 5.21. The summed E-state index contributed by atoms with van der Waals surface area (Å²) in [6.07, 6.45) is 2.02. The number of nitro groups is 1. The molecule has 1 aliphatic heterocycles. The Morgan fingerprint density at radius 2 is 2.16 bits per heavy atom. The van der Waals surface area contributed by atoms with Gasteiger partial charge in [-0.3, -0.25) is 10.1 Å². The maximum absolute atomic E-state index is 11.0. The van der Waals surface area contributed by atoms with Gasteiger partial charge in [0.1, 0.15) is 5.69 Å². The van der Waals surface area contributed by atoms with E-state index in [0.29, 0.717) is 16.8 Å². The fourth-order valence-corrected chi connectivity index (χ4v) is 2.56. The summed E-state index contributed by atoms with van der Waals surface area (Å²) in [5.74, 6) is 0. The topological polar surface area (TPSA) is 58.4 Å². The lowest BCUT2D eigenvalue weighted by Gasteiger charge is -2.31. The summed E-state index contributed by atoms with van der Waals surface area (Å²) in [5.41, 5.74) is 0.606. The minimum Gasteiger partial charge on any atom is -0.377 e. The van der Waals surface area contributed by atoms with Crippen molar-refractivity contribution < 1.29 is 4.92 Å². The number of nitrogens with zero attached hydrogens (tertiary/aromatic N) is 2. The Bertz CT molecular complexity index is 459. The van der Waals surface area contributed by atoms with Crippen LogP contribution in [-0.2, 0) is 0 Å². The lowest BCUT2D eigenvalue weighted by atomic mass is 10.0. The van der Waals surface area contributed by atoms with Crippen LogP contribution >= 0.6 is 11.6 Å². The number of anilines is 1. The van der Waals surface area contributed by atoms with Gasteiger partial charge in [0.15, 0.2) is 0 Å². The third-order valence-corrected chi connectivity index (χ3v) is 3.79. The van der Waals surface area contributed by atoms with Crippen LogP contribution in [0.2, 0.25) is 5.02 Å². The van der Waals surface area contributed by atoms with Gasteiger partial charge in [0.25, 0.3) is 5.69 Å². The molecule has 2 rings (SSSR count). The maximum atomic E-state index is 11.0. The first-order valence-corrected chi connectivity index (χ1v) is 6.90. The van der Waals surface area contributed by atoms with E-state index in [1.807, 2.05) is 0 Å². The normalized spacial score (nSPS) is 17.4. The van der Waals surface area contributed by atoms with Gasteiger partial charge < -0.3 is 10.2 Å². The second kappa shape index (κ2) is 6.21. The number of nitrogens with one attached hydrogen (secondary N) is 1. The summed E-state index contributed by atoms with van der Waals surface area (Å²) < 4.78 is 0. The molecule has 1 heterocycles. The molecule has 0 aliphatic carbocycles. The van der Waals surface area contributed by atoms with Gasteiger partial charge in [-0.2, -0.15) is 0 Å². The highest BCUT2D eigenvalue weighted by atomic mass is 35.5. The Hall–Kier alpha value is -1.33. The summed E-state index contributed by atoms with van der Waals surface area (Å²) >= 11 is 5.80. The minimum absolute atomic E-state index is 0.0467. The van der Waals surface area contributed by atoms with Crippen LogP contribution in [0.4, 0.5) is 11.4 Å². The molecule has 0 unspecified atom stereocenters. The highest BCUT2D eigenvalue weighted by Crippen LogP contribution is 2.29. The molecule has 1 fully saturated rings. The van der Waals surface area contributed by atoms with Gasteiger partial charge in [0, 0.05) is 30.2 Å². The zero-order valence-electron chi connectivity index (χ0n) is 10.9. The zero-order valence-corrected chi connectivity index (χ0v) is 11.7. The molecule has 1 aromatic rings. The van der Waals surface area contributed by atoms with Gasteiger partial charge in [-0.15, -0.1) is 0 Å². The molecular formula is C13H18ClN3O2. The minimum atomic E-state index is -0.393. The van der Waals surface area contributed by atoms with E-state index >= 15 is 0 Å². The highest BCUT2D eigenvalue weighted by molar-refractivity contribution is 6.30. The lowest BCUT2D eigenvalue weighted by molar-refractivity contribution is -0.384. The fraction of sp³-hybridized carbons (Fsp3) is 0.538. The van der Waals surface area contributed by atoms with Crippen molar-refractivity contribution in [3.05, 3.63) is 33.3 Å². The summed E-state index contributed by atoms with van der Waals surface area (Å²) in [5, 5.41) is 14.7. The molecule has 0 saturated carbocycles. The molecule has 0 atom stereocenters. The Morgan fingerprint density at radius 3 is 2.74 bits per heavy atom. The highest BCUT2D eigenvalue weighted by Gasteiger charge is 2.21. The Balaban J connectivity index is 2.05. The Kier molecular flexibility index (Phi) is 4.61. The molecule has 1 aliphatic rings. The van der Waals surface area contributed by atoms with Crippen LogP contribution < -0.4 is 5.32 Å². The van der Waals surface area contributed by atoms with Crippen LogP contribution in [0.15, 0.2) is 18.2 Å². The third kappa shape index (κ3) is 3.58. The van der Waals surface area contributed by atoms with Gasteiger partial charge in [-0.25, -0.2) is 0 Å². The number of hydrogen-bond donors (Lipinski definition) is 1. The van der Waals surface area contributed by atoms with E-state index in [0.717, 1.165) is 32.5 Å². The average Bonchev–Trinajstić information content (AvgIpc) is 2.41. The van der Waals surface area contributed by atoms with Crippen molar-refractivity contribution in [2.24, 2.45) is 0 Å². The largest absolute Gasteiger partial charge is 0.377 e. The van der Waals surface area contributed by atoms with Crippen molar-refractivity contribution in [2.45, 2.75) is 25.8 Å². The monoisotopic (exact) mass is 283 g/mol. The predicted molar refractivity (Wildman–Crippen MR) is 76.9 cm³/mol. The number of rotatable bonds is 4. The van der Waals surface area contributed by atoms with Crippen molar-refractivity contribution in [3.8, 4) is 0 Å². The van der Waals surface area contributed by atoms with E-state index in [2.05, 4.69) is 17.1 Å². The number of likely N-dealkylation sites (tertiary alicyclic amines) is 1. The average molecular weight is 284 g/mol. The van der Waals surface area contributed by atoms with Crippen LogP contribution in [0.1, 0.15) is 19.8 Å². The van der Waals surface area contributed by atoms with E-state index < -0.39 is 4.92 Å². The lowest BCUT2D eigenvalue weighted by Crippen LogP contribution is -2.38. The van der Waals surface area contributed by atoms with E-state index in [1.165, 1.54) is 6.07 Å². The molecule has 0 bridgehead atoms. The van der Waals surface area contributed by atoms with Crippen LogP contribution in [0.25, 0.3) is 0 Å². The van der Waals surface area contributed by atoms with Gasteiger partial charge >= 0.3 is 0 Å². The van der Waals surface area contributed by atoms with Crippen LogP contribution in [-0.4, -0.2) is 35.5 Å². The van der Waals surface area contributed by atoms with E-state index in [9.17, 15) is 10.1 Å². The maximum Gasteiger partial charge on any atom is 0.293 e. The Labute approximate surface area is 117 Å². The van der Waals surface area contributed by atoms with Crippen LogP contribution in [0, 0.1) is 10.1 Å². The first kappa shape index (κ1) is 14.1. The van der Waals surface area contributed by atoms with Crippen LogP contribution in [0.3, 0.4) is 0 Å². The number of benzene rings is 1. The van der Waals surface area contributed by atoms with Gasteiger partial charge in [0.2, 0.25) is 0 Å². The summed E-state index contributed by atoms with van der Waals surface area (Å²) in [6.45, 7) is 5.29. The van der Waals surface area contributed by atoms with Gasteiger partial charge in [0.05, 0.1) is 4.92 Å². The molecule has 1 aromatic carbocycles. The first-order chi connectivity index (χ1) is 9.10. The van der Waals surface area contributed by atoms with Crippen molar-refractivity contribution in [3.63, 3.8) is 0 Å². The number of piperidine rings is 1. The quantitative estimate of drug-likeness (QED) is 0.681. The molecule has 5 nitrogen and oxygen atoms in total. The summed E-state index contributed by atoms with van der Waals surface area (Å²) in [4.78, 5) is 13.0. The molecule has 1 saturated heterocycles. The van der Waals surface area contributed by atoms with E-state index in [-0.39, 0.29) is 5.69 Å². The molecule has 1 N–H and O–H groups in total.